The number of fused-ring (bicyclic) bond motifs is 1. The molecule has 0 radical (unpaired) electrons. The predicted octanol–water partition coefficient (Wildman–Crippen LogP) is 4.61. The van der Waals surface area contributed by atoms with Crippen LogP contribution in [0.2, 0.25) is 5.02 Å². The maximum Gasteiger partial charge on any atom is 0.253 e. The maximum atomic E-state index is 13.7. The average Bonchev–Trinajstić information content (AvgIpc) is 3.41. The molecule has 2 aromatic heterocycles. The normalized spacial score (nSPS) is 12.2. The van der Waals surface area contributed by atoms with Crippen molar-refractivity contribution >= 4 is 22.5 Å². The van der Waals surface area contributed by atoms with E-state index in [-0.39, 0.29) is 5.56 Å². The predicted molar refractivity (Wildman–Crippen MR) is 150 cm³/mol. The van der Waals surface area contributed by atoms with E-state index in [1.807, 2.05) is 66.7 Å². The van der Waals surface area contributed by atoms with Gasteiger partial charge in [-0.2, -0.15) is 0 Å². The van der Waals surface area contributed by atoms with E-state index in [1.54, 1.807) is 18.9 Å². The first kappa shape index (κ1) is 26.6. The van der Waals surface area contributed by atoms with E-state index in [1.165, 1.54) is 0 Å². The van der Waals surface area contributed by atoms with Crippen LogP contribution in [0.25, 0.3) is 10.9 Å². The molecule has 0 unspecified atom stereocenters. The number of aromatic amines is 1. The molecule has 0 fully saturated rings. The highest BCUT2D eigenvalue weighted by molar-refractivity contribution is 6.31. The number of ether oxygens (including phenoxy) is 2. The van der Waals surface area contributed by atoms with Gasteiger partial charge in [0.2, 0.25) is 0 Å². The molecular formula is C29H29ClN6O3. The molecule has 0 bridgehead atoms. The van der Waals surface area contributed by atoms with Crippen LogP contribution in [-0.4, -0.2) is 50.9 Å². The van der Waals surface area contributed by atoms with E-state index in [2.05, 4.69) is 37.5 Å². The lowest BCUT2D eigenvalue weighted by Crippen LogP contribution is -2.35. The van der Waals surface area contributed by atoms with Crippen LogP contribution >= 0.6 is 11.6 Å². The molecule has 0 spiro atoms. The molecule has 10 heteroatoms. The number of rotatable bonds is 11. The zero-order valence-corrected chi connectivity index (χ0v) is 22.5. The van der Waals surface area contributed by atoms with E-state index in [4.69, 9.17) is 21.1 Å². The lowest BCUT2D eigenvalue weighted by Gasteiger charge is -2.31. The van der Waals surface area contributed by atoms with Gasteiger partial charge in [-0.1, -0.05) is 60.1 Å². The van der Waals surface area contributed by atoms with Gasteiger partial charge < -0.3 is 14.5 Å². The molecule has 0 aliphatic carbocycles. The summed E-state index contributed by atoms with van der Waals surface area (Å²) in [7, 11) is 3.24. The molecule has 5 rings (SSSR count). The van der Waals surface area contributed by atoms with Gasteiger partial charge in [0, 0.05) is 41.7 Å². The van der Waals surface area contributed by atoms with Crippen LogP contribution in [-0.2, 0) is 24.4 Å². The number of pyridine rings is 1. The number of halogens is 1. The highest BCUT2D eigenvalue weighted by Crippen LogP contribution is 2.32. The third kappa shape index (κ3) is 6.01. The van der Waals surface area contributed by atoms with Crippen LogP contribution in [0, 0.1) is 0 Å². The van der Waals surface area contributed by atoms with Crippen molar-refractivity contribution in [3.63, 3.8) is 0 Å². The van der Waals surface area contributed by atoms with Crippen molar-refractivity contribution in [2.24, 2.45) is 0 Å². The van der Waals surface area contributed by atoms with Gasteiger partial charge in [-0.3, -0.25) is 9.69 Å². The topological polar surface area (TPSA) is 98.2 Å². The lowest BCUT2D eigenvalue weighted by atomic mass is 10.0. The van der Waals surface area contributed by atoms with E-state index in [0.717, 1.165) is 16.5 Å². The third-order valence-electron chi connectivity index (χ3n) is 6.61. The quantitative estimate of drug-likeness (QED) is 0.259. The summed E-state index contributed by atoms with van der Waals surface area (Å²) < 4.78 is 12.4. The highest BCUT2D eigenvalue weighted by atomic mass is 35.5. The van der Waals surface area contributed by atoms with E-state index in [0.29, 0.717) is 53.9 Å². The molecule has 0 saturated heterocycles. The summed E-state index contributed by atoms with van der Waals surface area (Å²) in [6, 6.07) is 24.6. The summed E-state index contributed by atoms with van der Waals surface area (Å²) in [5.41, 5.74) is 2.99. The van der Waals surface area contributed by atoms with Crippen molar-refractivity contribution in [2.75, 3.05) is 20.8 Å². The molecule has 5 aromatic rings. The Morgan fingerprint density at radius 3 is 2.56 bits per heavy atom. The number of aromatic nitrogens is 5. The van der Waals surface area contributed by atoms with Gasteiger partial charge in [-0.25, -0.2) is 4.68 Å². The molecule has 9 nitrogen and oxygen atoms in total. The summed E-state index contributed by atoms with van der Waals surface area (Å²) in [5, 5.41) is 14.1. The van der Waals surface area contributed by atoms with E-state index in [9.17, 15) is 4.79 Å². The minimum absolute atomic E-state index is 0.226. The Hall–Kier alpha value is -4.05. The standard InChI is InChI=1S/C29H29ClN6O3/c1-38-15-14-36-28(32-33-34-36)27(24-17-22-16-23(39-2)12-13-26(22)31-29(24)37)35(18-20-8-4-3-5-9-20)19-21-10-6-7-11-25(21)30/h3-13,16-17,27H,14-15,18-19H2,1-2H3,(H,31,37)/t27-/m1/s1. The van der Waals surface area contributed by atoms with E-state index >= 15 is 0 Å². The van der Waals surface area contributed by atoms with Crippen LogP contribution in [0.3, 0.4) is 0 Å². The SMILES string of the molecule is COCCn1nnnc1[C@@H](c1cc2cc(OC)ccc2[nH]c1=O)N(Cc1ccccc1)Cc1ccccc1Cl. The van der Waals surface area contributed by atoms with Gasteiger partial charge in [-0.05, 0) is 51.9 Å². The lowest BCUT2D eigenvalue weighted by molar-refractivity contribution is 0.169. The fourth-order valence-corrected chi connectivity index (χ4v) is 4.87. The number of methoxy groups -OCH3 is 2. The van der Waals surface area contributed by atoms with Crippen LogP contribution in [0.4, 0.5) is 0 Å². The van der Waals surface area contributed by atoms with Crippen molar-refractivity contribution in [1.82, 2.24) is 30.1 Å². The first-order chi connectivity index (χ1) is 19.1. The molecule has 1 atom stereocenters. The van der Waals surface area contributed by atoms with Crippen LogP contribution in [0.1, 0.15) is 28.6 Å². The molecule has 0 aliphatic rings. The highest BCUT2D eigenvalue weighted by Gasteiger charge is 2.31. The summed E-state index contributed by atoms with van der Waals surface area (Å²) >= 11 is 6.62. The van der Waals surface area contributed by atoms with E-state index < -0.39 is 6.04 Å². The molecular weight excluding hydrogens is 516 g/mol. The van der Waals surface area contributed by atoms with Gasteiger partial charge in [0.15, 0.2) is 5.82 Å². The number of nitrogens with one attached hydrogen (secondary N) is 1. The zero-order valence-electron chi connectivity index (χ0n) is 21.8. The van der Waals surface area contributed by atoms with Gasteiger partial charge in [0.25, 0.3) is 5.56 Å². The Labute approximate surface area is 230 Å². The minimum Gasteiger partial charge on any atom is -0.497 e. The Kier molecular flexibility index (Phi) is 8.31. The van der Waals surface area contributed by atoms with Gasteiger partial charge >= 0.3 is 0 Å². The van der Waals surface area contributed by atoms with Gasteiger partial charge in [0.1, 0.15) is 11.8 Å². The van der Waals surface area contributed by atoms with Gasteiger partial charge in [0.05, 0.1) is 20.3 Å². The fourth-order valence-electron chi connectivity index (χ4n) is 4.68. The molecule has 0 aliphatic heterocycles. The second-order valence-electron chi connectivity index (χ2n) is 9.14. The summed E-state index contributed by atoms with van der Waals surface area (Å²) in [6.45, 7) is 1.81. The molecule has 3 aromatic carbocycles. The smallest absolute Gasteiger partial charge is 0.253 e. The number of H-pyrrole nitrogens is 1. The van der Waals surface area contributed by atoms with Crippen molar-refractivity contribution in [2.45, 2.75) is 25.7 Å². The summed E-state index contributed by atoms with van der Waals surface area (Å²) in [5.74, 6) is 1.22. The molecule has 0 amide bonds. The number of hydrogen-bond acceptors (Lipinski definition) is 7. The zero-order chi connectivity index (χ0) is 27.2. The monoisotopic (exact) mass is 544 g/mol. The third-order valence-corrected chi connectivity index (χ3v) is 6.98. The van der Waals surface area contributed by atoms with Crippen molar-refractivity contribution in [3.8, 4) is 5.75 Å². The Bertz CT molecular complexity index is 1600. The number of nitrogens with zero attached hydrogens (tertiary/aromatic N) is 5. The van der Waals surface area contributed by atoms with Crippen LogP contribution in [0.5, 0.6) is 5.75 Å². The summed E-state index contributed by atoms with van der Waals surface area (Å²) in [6.07, 6.45) is 0. The molecule has 0 saturated carbocycles. The number of benzene rings is 3. The number of hydrogen-bond donors (Lipinski definition) is 1. The Balaban J connectivity index is 1.70. The van der Waals surface area contributed by atoms with Crippen LogP contribution in [0.15, 0.2) is 83.7 Å². The largest absolute Gasteiger partial charge is 0.497 e. The number of tetrazole rings is 1. The van der Waals surface area contributed by atoms with Gasteiger partial charge in [-0.15, -0.1) is 5.10 Å². The maximum absolute atomic E-state index is 13.7. The van der Waals surface area contributed by atoms with Crippen molar-refractivity contribution in [3.05, 3.63) is 117 Å². The van der Waals surface area contributed by atoms with Crippen molar-refractivity contribution < 1.29 is 9.47 Å². The fraction of sp³-hybridized carbons (Fsp3) is 0.241. The minimum atomic E-state index is -0.604. The Morgan fingerprint density at radius 1 is 1.00 bits per heavy atom. The molecule has 39 heavy (non-hydrogen) atoms. The molecule has 2 heterocycles. The van der Waals surface area contributed by atoms with Crippen LogP contribution < -0.4 is 10.3 Å². The summed E-state index contributed by atoms with van der Waals surface area (Å²) in [4.78, 5) is 18.9. The molecule has 1 N–H and O–H groups in total. The molecule has 200 valence electrons. The second-order valence-corrected chi connectivity index (χ2v) is 9.55. The average molecular weight is 545 g/mol. The first-order valence-corrected chi connectivity index (χ1v) is 12.9. The Morgan fingerprint density at radius 2 is 1.79 bits per heavy atom. The first-order valence-electron chi connectivity index (χ1n) is 12.5. The second kappa shape index (κ2) is 12.2. The van der Waals surface area contributed by atoms with Crippen molar-refractivity contribution in [1.29, 1.82) is 0 Å².